The lowest BCUT2D eigenvalue weighted by Crippen LogP contribution is -2.29. The molecule has 1 rings (SSSR count). The molecule has 0 unspecified atom stereocenters. The van der Waals surface area contributed by atoms with Crippen LogP contribution < -0.4 is 5.73 Å². The fourth-order valence-electron chi connectivity index (χ4n) is 1.76. The Morgan fingerprint density at radius 1 is 1.50 bits per heavy atom. The molecule has 0 aliphatic heterocycles. The van der Waals surface area contributed by atoms with Crippen molar-refractivity contribution in [1.29, 1.82) is 0 Å². The molecule has 0 atom stereocenters. The van der Waals surface area contributed by atoms with Gasteiger partial charge >= 0.3 is 5.97 Å². The first-order chi connectivity index (χ1) is 9.21. The van der Waals surface area contributed by atoms with Gasteiger partial charge in [-0.3, -0.25) is 9.48 Å². The number of anilines is 1. The molecule has 1 heterocycles. The fourth-order valence-corrected chi connectivity index (χ4v) is 3.25. The van der Waals surface area contributed by atoms with Gasteiger partial charge in [0.15, 0.2) is 5.82 Å². The molecule has 1 aromatic rings. The van der Waals surface area contributed by atoms with Crippen molar-refractivity contribution in [2.75, 3.05) is 26.4 Å². The highest BCUT2D eigenvalue weighted by Crippen LogP contribution is 2.24. The molecule has 2 N–H and O–H groups in total. The van der Waals surface area contributed by atoms with Crippen molar-refractivity contribution in [3.8, 4) is 0 Å². The Morgan fingerprint density at radius 2 is 2.10 bits per heavy atom. The summed E-state index contributed by atoms with van der Waals surface area (Å²) in [7, 11) is 0.653. The maximum absolute atomic E-state index is 12.4. The Bertz CT molecular complexity index is 594. The summed E-state index contributed by atoms with van der Waals surface area (Å²) in [6, 6.07) is 0. The summed E-state index contributed by atoms with van der Waals surface area (Å²) in [5.74, 6) is -0.391. The van der Waals surface area contributed by atoms with Crippen LogP contribution in [0, 0.1) is 6.92 Å². The number of ether oxygens (including phenoxy) is 1. The molecule has 0 aliphatic carbocycles. The van der Waals surface area contributed by atoms with Crippen LogP contribution >= 0.6 is 0 Å². The minimum atomic E-state index is -3.71. The molecule has 0 fully saturated rings. The largest absolute Gasteiger partial charge is 0.469 e. The smallest absolute Gasteiger partial charge is 0.305 e. The summed E-state index contributed by atoms with van der Waals surface area (Å²) in [4.78, 5) is 11.0. The second kappa shape index (κ2) is 6.23. The van der Waals surface area contributed by atoms with Crippen molar-refractivity contribution in [3.05, 3.63) is 5.69 Å². The van der Waals surface area contributed by atoms with Gasteiger partial charge in [-0.2, -0.15) is 5.10 Å². The standard InChI is InChI=1S/C11H20N4O4S/c1-8-10(11(12)13-15(8)3)20(17,18)14(2)7-5-6-9(16)19-4/h5-7H2,1-4H3,(H2,12,13). The van der Waals surface area contributed by atoms with Crippen molar-refractivity contribution in [1.82, 2.24) is 14.1 Å². The van der Waals surface area contributed by atoms with Crippen molar-refractivity contribution < 1.29 is 17.9 Å². The zero-order valence-corrected chi connectivity index (χ0v) is 12.9. The number of nitrogens with zero attached hydrogens (tertiary/aromatic N) is 3. The Labute approximate surface area is 118 Å². The van der Waals surface area contributed by atoms with Gasteiger partial charge in [-0.15, -0.1) is 0 Å². The number of nitrogens with two attached hydrogens (primary N) is 1. The molecule has 0 saturated carbocycles. The molecule has 1 aromatic heterocycles. The topological polar surface area (TPSA) is 108 Å². The Kier molecular flexibility index (Phi) is 5.12. The molecular formula is C11H20N4O4S. The Hall–Kier alpha value is -1.61. The van der Waals surface area contributed by atoms with Gasteiger partial charge in [-0.25, -0.2) is 12.7 Å². The zero-order valence-electron chi connectivity index (χ0n) is 12.1. The van der Waals surface area contributed by atoms with Crippen LogP contribution in [0.3, 0.4) is 0 Å². The number of sulfonamides is 1. The number of carbonyl (C=O) groups excluding carboxylic acids is 1. The average molecular weight is 304 g/mol. The van der Waals surface area contributed by atoms with E-state index in [0.29, 0.717) is 12.1 Å². The number of esters is 1. The van der Waals surface area contributed by atoms with Crippen molar-refractivity contribution in [2.24, 2.45) is 7.05 Å². The van der Waals surface area contributed by atoms with Gasteiger partial charge in [-0.1, -0.05) is 0 Å². The van der Waals surface area contributed by atoms with Gasteiger partial charge in [0.1, 0.15) is 4.90 Å². The number of hydrogen-bond acceptors (Lipinski definition) is 6. The minimum Gasteiger partial charge on any atom is -0.469 e. The van der Waals surface area contributed by atoms with Crippen LogP contribution in [-0.4, -0.2) is 49.2 Å². The number of aryl methyl sites for hydroxylation is 1. The van der Waals surface area contributed by atoms with Gasteiger partial charge < -0.3 is 10.5 Å². The van der Waals surface area contributed by atoms with Crippen molar-refractivity contribution >= 4 is 21.8 Å². The average Bonchev–Trinajstić information content (AvgIpc) is 2.62. The van der Waals surface area contributed by atoms with Crippen LogP contribution in [0.15, 0.2) is 4.90 Å². The summed E-state index contributed by atoms with van der Waals surface area (Å²) < 4.78 is 31.9. The quantitative estimate of drug-likeness (QED) is 0.734. The summed E-state index contributed by atoms with van der Waals surface area (Å²) in [5.41, 5.74) is 6.13. The molecule has 0 radical (unpaired) electrons. The Morgan fingerprint density at radius 3 is 2.55 bits per heavy atom. The molecule has 0 amide bonds. The summed E-state index contributed by atoms with van der Waals surface area (Å²) in [6.45, 7) is 1.84. The molecule has 0 aromatic carbocycles. The van der Waals surface area contributed by atoms with E-state index in [1.165, 1.54) is 18.8 Å². The third kappa shape index (κ3) is 3.28. The van der Waals surface area contributed by atoms with E-state index >= 15 is 0 Å². The van der Waals surface area contributed by atoms with Crippen LogP contribution in [0.25, 0.3) is 0 Å². The number of methoxy groups -OCH3 is 1. The second-order valence-electron chi connectivity index (χ2n) is 4.43. The fraction of sp³-hybridized carbons (Fsp3) is 0.636. The third-order valence-corrected chi connectivity index (χ3v) is 5.08. The summed E-state index contributed by atoms with van der Waals surface area (Å²) >= 11 is 0. The van der Waals surface area contributed by atoms with E-state index in [0.717, 1.165) is 4.31 Å². The molecule has 0 saturated heterocycles. The first-order valence-electron chi connectivity index (χ1n) is 6.04. The van der Waals surface area contributed by atoms with Crippen LogP contribution in [0.2, 0.25) is 0 Å². The summed E-state index contributed by atoms with van der Waals surface area (Å²) in [5, 5.41) is 3.90. The maximum Gasteiger partial charge on any atom is 0.305 e. The lowest BCUT2D eigenvalue weighted by Gasteiger charge is -2.16. The highest BCUT2D eigenvalue weighted by molar-refractivity contribution is 7.89. The van der Waals surface area contributed by atoms with E-state index in [1.54, 1.807) is 14.0 Å². The van der Waals surface area contributed by atoms with Gasteiger partial charge in [-0.05, 0) is 13.3 Å². The molecule has 8 nitrogen and oxygen atoms in total. The summed E-state index contributed by atoms with van der Waals surface area (Å²) in [6.07, 6.45) is 0.541. The monoisotopic (exact) mass is 304 g/mol. The number of hydrogen-bond donors (Lipinski definition) is 1. The number of nitrogen functional groups attached to an aromatic ring is 1. The van der Waals surface area contributed by atoms with E-state index in [-0.39, 0.29) is 29.6 Å². The number of carbonyl (C=O) groups is 1. The van der Waals surface area contributed by atoms with Crippen LogP contribution in [0.5, 0.6) is 0 Å². The molecular weight excluding hydrogens is 284 g/mol. The molecule has 0 spiro atoms. The predicted molar refractivity (Wildman–Crippen MR) is 73.4 cm³/mol. The first-order valence-corrected chi connectivity index (χ1v) is 7.48. The molecule has 20 heavy (non-hydrogen) atoms. The van der Waals surface area contributed by atoms with E-state index in [9.17, 15) is 13.2 Å². The van der Waals surface area contributed by atoms with Gasteiger partial charge in [0.05, 0.1) is 12.8 Å². The molecule has 0 aliphatic rings. The van der Waals surface area contributed by atoms with Gasteiger partial charge in [0, 0.05) is 27.1 Å². The minimum absolute atomic E-state index is 0.0144. The van der Waals surface area contributed by atoms with Crippen LogP contribution in [-0.2, 0) is 26.6 Å². The van der Waals surface area contributed by atoms with Crippen molar-refractivity contribution in [2.45, 2.75) is 24.7 Å². The number of rotatable bonds is 6. The lowest BCUT2D eigenvalue weighted by atomic mass is 10.3. The molecule has 0 bridgehead atoms. The highest BCUT2D eigenvalue weighted by Gasteiger charge is 2.28. The third-order valence-electron chi connectivity index (χ3n) is 3.05. The first kappa shape index (κ1) is 16.4. The van der Waals surface area contributed by atoms with Crippen LogP contribution in [0.1, 0.15) is 18.5 Å². The van der Waals surface area contributed by atoms with E-state index in [1.807, 2.05) is 0 Å². The number of aromatic nitrogens is 2. The highest BCUT2D eigenvalue weighted by atomic mass is 32.2. The van der Waals surface area contributed by atoms with Gasteiger partial charge in [0.25, 0.3) is 0 Å². The SMILES string of the molecule is COC(=O)CCCN(C)S(=O)(=O)c1c(N)nn(C)c1C. The van der Waals surface area contributed by atoms with Crippen LogP contribution in [0.4, 0.5) is 5.82 Å². The van der Waals surface area contributed by atoms with E-state index < -0.39 is 10.0 Å². The normalized spacial score (nSPS) is 11.8. The lowest BCUT2D eigenvalue weighted by molar-refractivity contribution is -0.140. The second-order valence-corrected chi connectivity index (χ2v) is 6.41. The van der Waals surface area contributed by atoms with Crippen molar-refractivity contribution in [3.63, 3.8) is 0 Å². The zero-order chi connectivity index (χ0) is 15.5. The molecule has 114 valence electrons. The van der Waals surface area contributed by atoms with Gasteiger partial charge in [0.2, 0.25) is 10.0 Å². The predicted octanol–water partition coefficient (Wildman–Crippen LogP) is -0.116. The Balaban J connectivity index is 2.85. The van der Waals surface area contributed by atoms with E-state index in [2.05, 4.69) is 9.84 Å². The van der Waals surface area contributed by atoms with E-state index in [4.69, 9.17) is 5.73 Å². The molecule has 9 heteroatoms. The maximum atomic E-state index is 12.4.